The molecule has 9 aromatic rings. The molecule has 220 valence electrons. The molecule has 6 nitrogen and oxygen atoms in total. The van der Waals surface area contributed by atoms with Gasteiger partial charge in [0, 0.05) is 22.1 Å². The van der Waals surface area contributed by atoms with Crippen LogP contribution in [0.25, 0.3) is 89.7 Å². The van der Waals surface area contributed by atoms with Crippen molar-refractivity contribution in [1.82, 2.24) is 24.9 Å². The van der Waals surface area contributed by atoms with Crippen LogP contribution in [0.3, 0.4) is 0 Å². The third kappa shape index (κ3) is 4.98. The van der Waals surface area contributed by atoms with Crippen LogP contribution in [0.15, 0.2) is 156 Å². The lowest BCUT2D eigenvalue weighted by Crippen LogP contribution is -2.00. The normalized spacial score (nSPS) is 11.4. The van der Waals surface area contributed by atoms with Crippen molar-refractivity contribution in [2.45, 2.75) is 0 Å². The van der Waals surface area contributed by atoms with Crippen LogP contribution < -0.4 is 0 Å². The quantitative estimate of drug-likeness (QED) is 0.195. The molecule has 0 atom stereocenters. The van der Waals surface area contributed by atoms with Crippen molar-refractivity contribution in [3.05, 3.63) is 152 Å². The molecule has 0 saturated carbocycles. The van der Waals surface area contributed by atoms with Gasteiger partial charge in [0.2, 0.25) is 5.71 Å². The zero-order valence-electron chi connectivity index (χ0n) is 25.1. The third-order valence-electron chi connectivity index (χ3n) is 8.37. The third-order valence-corrected chi connectivity index (χ3v) is 8.37. The average molecular weight is 604 g/mol. The van der Waals surface area contributed by atoms with Gasteiger partial charge in [0.05, 0.1) is 11.0 Å². The predicted octanol–water partition coefficient (Wildman–Crippen LogP) is 10.0. The van der Waals surface area contributed by atoms with Gasteiger partial charge >= 0.3 is 0 Å². The summed E-state index contributed by atoms with van der Waals surface area (Å²) in [6.45, 7) is 0. The monoisotopic (exact) mass is 603 g/mol. The Morgan fingerprint density at radius 3 is 1.32 bits per heavy atom. The van der Waals surface area contributed by atoms with E-state index in [1.807, 2.05) is 91.0 Å². The minimum Gasteiger partial charge on any atom is -0.436 e. The van der Waals surface area contributed by atoms with Crippen molar-refractivity contribution < 1.29 is 4.42 Å². The van der Waals surface area contributed by atoms with Gasteiger partial charge in [-0.05, 0) is 46.5 Å². The van der Waals surface area contributed by atoms with Crippen LogP contribution in [0, 0.1) is 0 Å². The Bertz CT molecular complexity index is 2490. The number of aromatic nitrogens is 5. The van der Waals surface area contributed by atoms with E-state index in [1.54, 1.807) is 0 Å². The van der Waals surface area contributed by atoms with Gasteiger partial charge in [-0.25, -0.2) is 24.9 Å². The molecule has 6 aromatic carbocycles. The predicted molar refractivity (Wildman–Crippen MR) is 187 cm³/mol. The van der Waals surface area contributed by atoms with E-state index in [1.165, 1.54) is 0 Å². The largest absolute Gasteiger partial charge is 0.436 e. The van der Waals surface area contributed by atoms with Crippen molar-refractivity contribution in [2.75, 3.05) is 0 Å². The number of fused-ring (bicyclic) bond motifs is 4. The Morgan fingerprint density at radius 2 is 0.766 bits per heavy atom. The van der Waals surface area contributed by atoms with Gasteiger partial charge in [0.15, 0.2) is 17.5 Å². The van der Waals surface area contributed by atoms with E-state index >= 15 is 0 Å². The molecule has 3 heterocycles. The van der Waals surface area contributed by atoms with Crippen molar-refractivity contribution in [3.63, 3.8) is 0 Å². The fraction of sp³-hybridized carbons (Fsp3) is 0. The Kier molecular flexibility index (Phi) is 6.35. The van der Waals surface area contributed by atoms with Crippen LogP contribution in [0.2, 0.25) is 0 Å². The van der Waals surface area contributed by atoms with E-state index in [9.17, 15) is 0 Å². The first-order chi connectivity index (χ1) is 23.2. The fourth-order valence-corrected chi connectivity index (χ4v) is 5.92. The lowest BCUT2D eigenvalue weighted by molar-refractivity contribution is 0.655. The van der Waals surface area contributed by atoms with Crippen LogP contribution in [0.4, 0.5) is 0 Å². The van der Waals surface area contributed by atoms with Gasteiger partial charge in [0.1, 0.15) is 11.1 Å². The van der Waals surface area contributed by atoms with Crippen molar-refractivity contribution in [3.8, 4) is 56.4 Å². The SMILES string of the molecule is c1ccc(-c2nc(-c3ccccc3)nc(-c3ccc(-c4ccc(-c5ccc6oc7nc8ccccc8nc7c6c5)cc4)cc3)n2)cc1. The van der Waals surface area contributed by atoms with Crippen LogP contribution in [-0.4, -0.2) is 24.9 Å². The lowest BCUT2D eigenvalue weighted by Gasteiger charge is -2.09. The summed E-state index contributed by atoms with van der Waals surface area (Å²) in [5, 5.41) is 0.958. The standard InChI is InChI=1S/C41H25N5O/c1-3-9-29(10-4-1)38-44-39(30-11-5-2-6-12-30)46-40(45-38)31-21-19-27(20-22-31)26-15-17-28(18-16-26)32-23-24-36-33(25-32)37-41(47-36)43-35-14-8-7-13-34(35)42-37/h1-25H. The number of nitrogens with zero attached hydrogens (tertiary/aromatic N) is 5. The Balaban J connectivity index is 1.03. The van der Waals surface area contributed by atoms with E-state index in [-0.39, 0.29) is 0 Å². The highest BCUT2D eigenvalue weighted by molar-refractivity contribution is 6.04. The maximum Gasteiger partial charge on any atom is 0.246 e. The molecule has 0 fully saturated rings. The summed E-state index contributed by atoms with van der Waals surface area (Å²) >= 11 is 0. The second-order valence-corrected chi connectivity index (χ2v) is 11.4. The minimum absolute atomic E-state index is 0.555. The molecule has 0 aliphatic heterocycles. The van der Waals surface area contributed by atoms with E-state index in [0.717, 1.165) is 66.5 Å². The highest BCUT2D eigenvalue weighted by atomic mass is 16.3. The summed E-state index contributed by atoms with van der Waals surface area (Å²) < 4.78 is 6.04. The molecule has 0 aliphatic rings. The zero-order valence-corrected chi connectivity index (χ0v) is 25.1. The molecular formula is C41H25N5O. The summed E-state index contributed by atoms with van der Waals surface area (Å²) in [6, 6.07) is 51.1. The summed E-state index contributed by atoms with van der Waals surface area (Å²) in [7, 11) is 0. The molecule has 3 aromatic heterocycles. The maximum atomic E-state index is 6.04. The smallest absolute Gasteiger partial charge is 0.246 e. The van der Waals surface area contributed by atoms with Gasteiger partial charge in [-0.2, -0.15) is 0 Å². The van der Waals surface area contributed by atoms with E-state index < -0.39 is 0 Å². The number of furan rings is 1. The Hall–Kier alpha value is -6.53. The van der Waals surface area contributed by atoms with Gasteiger partial charge < -0.3 is 4.42 Å². The molecule has 0 saturated heterocycles. The van der Waals surface area contributed by atoms with Crippen LogP contribution >= 0.6 is 0 Å². The summed E-state index contributed by atoms with van der Waals surface area (Å²) in [5.74, 6) is 1.94. The Morgan fingerprint density at radius 1 is 0.340 bits per heavy atom. The van der Waals surface area contributed by atoms with E-state index in [4.69, 9.17) is 24.4 Å². The second kappa shape index (κ2) is 11.1. The van der Waals surface area contributed by atoms with Gasteiger partial charge in [-0.15, -0.1) is 0 Å². The molecule has 0 N–H and O–H groups in total. The molecular weight excluding hydrogens is 578 g/mol. The van der Waals surface area contributed by atoms with Gasteiger partial charge in [-0.3, -0.25) is 0 Å². The second-order valence-electron chi connectivity index (χ2n) is 11.4. The van der Waals surface area contributed by atoms with Crippen molar-refractivity contribution in [2.24, 2.45) is 0 Å². The first kappa shape index (κ1) is 26.8. The topological polar surface area (TPSA) is 77.6 Å². The molecule has 0 spiro atoms. The van der Waals surface area contributed by atoms with Crippen LogP contribution in [0.5, 0.6) is 0 Å². The summed E-state index contributed by atoms with van der Waals surface area (Å²) in [4.78, 5) is 24.1. The van der Waals surface area contributed by atoms with Crippen molar-refractivity contribution in [1.29, 1.82) is 0 Å². The molecule has 0 aliphatic carbocycles. The first-order valence-electron chi connectivity index (χ1n) is 15.4. The minimum atomic E-state index is 0.555. The van der Waals surface area contributed by atoms with Gasteiger partial charge in [0.25, 0.3) is 0 Å². The van der Waals surface area contributed by atoms with Gasteiger partial charge in [-0.1, -0.05) is 127 Å². The number of para-hydroxylation sites is 2. The molecule has 0 amide bonds. The van der Waals surface area contributed by atoms with Crippen LogP contribution in [-0.2, 0) is 0 Å². The Labute approximate surface area is 270 Å². The summed E-state index contributed by atoms with van der Waals surface area (Å²) in [5.41, 5.74) is 11.1. The van der Waals surface area contributed by atoms with Crippen LogP contribution in [0.1, 0.15) is 0 Å². The zero-order chi connectivity index (χ0) is 31.2. The summed E-state index contributed by atoms with van der Waals surface area (Å²) in [6.07, 6.45) is 0. The highest BCUT2D eigenvalue weighted by Gasteiger charge is 2.14. The lowest BCUT2D eigenvalue weighted by atomic mass is 9.99. The molecule has 0 bridgehead atoms. The molecule has 0 radical (unpaired) electrons. The van der Waals surface area contributed by atoms with Crippen molar-refractivity contribution >= 4 is 33.2 Å². The number of hydrogen-bond donors (Lipinski definition) is 0. The molecule has 9 rings (SSSR count). The first-order valence-corrected chi connectivity index (χ1v) is 15.4. The highest BCUT2D eigenvalue weighted by Crippen LogP contribution is 2.33. The molecule has 47 heavy (non-hydrogen) atoms. The fourth-order valence-electron chi connectivity index (χ4n) is 5.92. The molecule has 0 unspecified atom stereocenters. The number of rotatable bonds is 5. The molecule has 6 heteroatoms. The maximum absolute atomic E-state index is 6.04. The van der Waals surface area contributed by atoms with E-state index in [2.05, 4.69) is 65.6 Å². The average Bonchev–Trinajstić information content (AvgIpc) is 3.51. The van der Waals surface area contributed by atoms with E-state index in [0.29, 0.717) is 23.2 Å². The number of hydrogen-bond acceptors (Lipinski definition) is 6. The number of benzene rings is 6.